The molecule has 2 rings (SSSR count). The van der Waals surface area contributed by atoms with Gasteiger partial charge in [-0.15, -0.1) is 0 Å². The van der Waals surface area contributed by atoms with Crippen molar-refractivity contribution >= 4 is 0 Å². The molecule has 2 fully saturated rings. The van der Waals surface area contributed by atoms with Crippen LogP contribution in [0.1, 0.15) is 32.6 Å². The second-order valence-electron chi connectivity index (χ2n) is 5.15. The van der Waals surface area contributed by atoms with Crippen LogP contribution in [0.2, 0.25) is 0 Å². The third-order valence-corrected chi connectivity index (χ3v) is 3.96. The first-order valence-electron chi connectivity index (χ1n) is 5.97. The molecule has 0 spiro atoms. The van der Waals surface area contributed by atoms with Crippen LogP contribution in [-0.2, 0) is 9.47 Å². The molecule has 15 heavy (non-hydrogen) atoms. The van der Waals surface area contributed by atoms with Gasteiger partial charge in [0.05, 0.1) is 18.8 Å². The Morgan fingerprint density at radius 1 is 1.53 bits per heavy atom. The Hall–Kier alpha value is -0.120. The van der Waals surface area contributed by atoms with E-state index in [9.17, 15) is 5.11 Å². The Morgan fingerprint density at radius 2 is 2.27 bits per heavy atom. The predicted molar refractivity (Wildman–Crippen MR) is 57.7 cm³/mol. The van der Waals surface area contributed by atoms with Gasteiger partial charge in [-0.25, -0.2) is 0 Å². The summed E-state index contributed by atoms with van der Waals surface area (Å²) in [6, 6.07) is 0. The Kier molecular flexibility index (Phi) is 3.33. The van der Waals surface area contributed by atoms with Gasteiger partial charge < -0.3 is 14.6 Å². The summed E-state index contributed by atoms with van der Waals surface area (Å²) in [6.45, 7) is 3.11. The molecule has 3 heteroatoms. The van der Waals surface area contributed by atoms with Crippen LogP contribution in [0.25, 0.3) is 0 Å². The molecule has 0 bridgehead atoms. The molecule has 1 N–H and O–H groups in total. The van der Waals surface area contributed by atoms with Gasteiger partial charge in [0.15, 0.2) is 0 Å². The molecular weight excluding hydrogens is 192 g/mol. The van der Waals surface area contributed by atoms with E-state index in [-0.39, 0.29) is 24.2 Å². The molecule has 88 valence electrons. The maximum absolute atomic E-state index is 9.67. The maximum Gasteiger partial charge on any atom is 0.0683 e. The number of ether oxygens (including phenoxy) is 2. The number of rotatable bonds is 5. The monoisotopic (exact) mass is 214 g/mol. The fourth-order valence-electron chi connectivity index (χ4n) is 2.85. The van der Waals surface area contributed by atoms with E-state index in [4.69, 9.17) is 9.47 Å². The molecule has 1 heterocycles. The van der Waals surface area contributed by atoms with E-state index in [2.05, 4.69) is 6.92 Å². The van der Waals surface area contributed by atoms with Crippen LogP contribution in [0, 0.1) is 11.3 Å². The summed E-state index contributed by atoms with van der Waals surface area (Å²) < 4.78 is 11.1. The molecule has 0 radical (unpaired) electrons. The minimum atomic E-state index is -0.0312. The molecule has 1 aliphatic heterocycles. The highest BCUT2D eigenvalue weighted by molar-refractivity contribution is 4.99. The van der Waals surface area contributed by atoms with Crippen LogP contribution in [0.3, 0.4) is 0 Å². The van der Waals surface area contributed by atoms with Gasteiger partial charge in [-0.3, -0.25) is 0 Å². The van der Waals surface area contributed by atoms with Crippen molar-refractivity contribution in [1.82, 2.24) is 0 Å². The summed E-state index contributed by atoms with van der Waals surface area (Å²) in [4.78, 5) is 0. The van der Waals surface area contributed by atoms with Crippen LogP contribution in [-0.4, -0.2) is 37.6 Å². The topological polar surface area (TPSA) is 38.7 Å². The maximum atomic E-state index is 9.67. The van der Waals surface area contributed by atoms with Crippen molar-refractivity contribution in [3.63, 3.8) is 0 Å². The molecule has 1 saturated carbocycles. The minimum absolute atomic E-state index is 0.0312. The predicted octanol–water partition coefficient (Wildman–Crippen LogP) is 1.59. The number of aliphatic hydroxyl groups excluding tert-OH is 1. The second-order valence-corrected chi connectivity index (χ2v) is 5.15. The third-order valence-electron chi connectivity index (χ3n) is 3.96. The van der Waals surface area contributed by atoms with Crippen molar-refractivity contribution in [3.8, 4) is 0 Å². The van der Waals surface area contributed by atoms with Crippen LogP contribution in [0.5, 0.6) is 0 Å². The lowest BCUT2D eigenvalue weighted by molar-refractivity contribution is -0.0325. The summed E-state index contributed by atoms with van der Waals surface area (Å²) >= 11 is 0. The van der Waals surface area contributed by atoms with Gasteiger partial charge in [0.25, 0.3) is 0 Å². The van der Waals surface area contributed by atoms with E-state index < -0.39 is 0 Å². The Balaban J connectivity index is 2.04. The zero-order chi connectivity index (χ0) is 10.9. The van der Waals surface area contributed by atoms with Gasteiger partial charge >= 0.3 is 0 Å². The number of hydrogen-bond acceptors (Lipinski definition) is 3. The first-order valence-corrected chi connectivity index (χ1v) is 5.97. The van der Waals surface area contributed by atoms with Crippen LogP contribution in [0.4, 0.5) is 0 Å². The van der Waals surface area contributed by atoms with Gasteiger partial charge in [-0.2, -0.15) is 0 Å². The van der Waals surface area contributed by atoms with Crippen molar-refractivity contribution < 1.29 is 14.6 Å². The van der Waals surface area contributed by atoms with E-state index in [0.29, 0.717) is 5.92 Å². The zero-order valence-electron chi connectivity index (χ0n) is 9.74. The lowest BCUT2D eigenvalue weighted by atomic mass is 9.75. The average molecular weight is 214 g/mol. The van der Waals surface area contributed by atoms with Crippen molar-refractivity contribution in [2.45, 2.75) is 44.8 Å². The number of hydrogen-bond donors (Lipinski definition) is 1. The number of aliphatic hydroxyl groups is 1. The summed E-state index contributed by atoms with van der Waals surface area (Å²) in [6.07, 6.45) is 4.93. The molecule has 1 saturated heterocycles. The number of methoxy groups -OCH3 is 1. The molecule has 3 nitrogen and oxygen atoms in total. The molecule has 1 aliphatic carbocycles. The van der Waals surface area contributed by atoms with Crippen molar-refractivity contribution in [2.75, 3.05) is 20.3 Å². The summed E-state index contributed by atoms with van der Waals surface area (Å²) in [7, 11) is 1.73. The average Bonchev–Trinajstić information content (AvgIpc) is 3.01. The highest BCUT2D eigenvalue weighted by Gasteiger charge is 2.51. The highest BCUT2D eigenvalue weighted by atomic mass is 16.5. The Morgan fingerprint density at radius 3 is 2.80 bits per heavy atom. The van der Waals surface area contributed by atoms with E-state index in [1.165, 1.54) is 12.8 Å². The first kappa shape index (κ1) is 11.4. The zero-order valence-corrected chi connectivity index (χ0v) is 9.74. The molecule has 0 amide bonds. The van der Waals surface area contributed by atoms with Crippen LogP contribution >= 0.6 is 0 Å². The van der Waals surface area contributed by atoms with Gasteiger partial charge in [-0.1, -0.05) is 0 Å². The van der Waals surface area contributed by atoms with E-state index in [1.807, 2.05) is 0 Å². The van der Waals surface area contributed by atoms with Gasteiger partial charge in [0.2, 0.25) is 0 Å². The minimum Gasteiger partial charge on any atom is -0.396 e. The first-order chi connectivity index (χ1) is 7.22. The normalized spacial score (nSPS) is 38.2. The quantitative estimate of drug-likeness (QED) is 0.755. The summed E-state index contributed by atoms with van der Waals surface area (Å²) in [5.41, 5.74) is -0.0312. The van der Waals surface area contributed by atoms with Crippen molar-refractivity contribution in [2.24, 2.45) is 11.3 Å². The largest absolute Gasteiger partial charge is 0.396 e. The highest BCUT2D eigenvalue weighted by Crippen LogP contribution is 2.49. The van der Waals surface area contributed by atoms with Crippen LogP contribution in [0.15, 0.2) is 0 Å². The second kappa shape index (κ2) is 4.40. The molecule has 0 aromatic rings. The smallest absolute Gasteiger partial charge is 0.0683 e. The Bertz CT molecular complexity index is 215. The fourth-order valence-corrected chi connectivity index (χ4v) is 2.85. The van der Waals surface area contributed by atoms with Gasteiger partial charge in [-0.05, 0) is 38.5 Å². The fraction of sp³-hybridized carbons (Fsp3) is 1.00. The lowest BCUT2D eigenvalue weighted by Gasteiger charge is -2.34. The SMILES string of the molecule is COC(C)CC1(CO)CCOC1C1CC1. The molecule has 3 unspecified atom stereocenters. The van der Waals surface area contributed by atoms with Crippen molar-refractivity contribution in [3.05, 3.63) is 0 Å². The standard InChI is InChI=1S/C12H22O3/c1-9(14-2)7-12(8-13)5-6-15-11(12)10-3-4-10/h9-11,13H,3-8H2,1-2H3. The third kappa shape index (κ3) is 2.19. The summed E-state index contributed by atoms with van der Waals surface area (Å²) in [5.74, 6) is 0.698. The van der Waals surface area contributed by atoms with E-state index in [0.717, 1.165) is 19.4 Å². The van der Waals surface area contributed by atoms with Crippen molar-refractivity contribution in [1.29, 1.82) is 0 Å². The molecule has 3 atom stereocenters. The molecular formula is C12H22O3. The van der Waals surface area contributed by atoms with E-state index >= 15 is 0 Å². The lowest BCUT2D eigenvalue weighted by Crippen LogP contribution is -2.39. The van der Waals surface area contributed by atoms with Gasteiger partial charge in [0, 0.05) is 19.1 Å². The molecule has 2 aliphatic rings. The molecule has 0 aromatic heterocycles. The Labute approximate surface area is 91.8 Å². The summed E-state index contributed by atoms with van der Waals surface area (Å²) in [5, 5.41) is 9.67. The van der Waals surface area contributed by atoms with Crippen LogP contribution < -0.4 is 0 Å². The van der Waals surface area contributed by atoms with E-state index in [1.54, 1.807) is 7.11 Å². The molecule has 0 aromatic carbocycles. The van der Waals surface area contributed by atoms with Gasteiger partial charge in [0.1, 0.15) is 0 Å².